The molecule has 3 heteroatoms. The number of rotatable bonds is 0. The molecule has 0 aliphatic rings. The van der Waals surface area contributed by atoms with Crippen molar-refractivity contribution >= 4 is 44.6 Å². The molecular formula is C15H8ClNO. The minimum absolute atomic E-state index is 0.620. The summed E-state index contributed by atoms with van der Waals surface area (Å²) < 4.78 is 5.75. The van der Waals surface area contributed by atoms with E-state index in [1.165, 1.54) is 0 Å². The Hall–Kier alpha value is -2.06. The third kappa shape index (κ3) is 1.27. The number of benzene rings is 2. The van der Waals surface area contributed by atoms with Gasteiger partial charge in [-0.15, -0.1) is 0 Å². The molecule has 86 valence electrons. The van der Waals surface area contributed by atoms with E-state index in [0.29, 0.717) is 16.3 Å². The van der Waals surface area contributed by atoms with Crippen LogP contribution >= 0.6 is 11.6 Å². The summed E-state index contributed by atoms with van der Waals surface area (Å²) in [5, 5.41) is 3.74. The fourth-order valence-corrected chi connectivity index (χ4v) is 2.50. The number of furan rings is 1. The maximum Gasteiger partial charge on any atom is 0.227 e. The van der Waals surface area contributed by atoms with Crippen molar-refractivity contribution in [2.45, 2.75) is 0 Å². The molecule has 0 fully saturated rings. The zero-order valence-corrected chi connectivity index (χ0v) is 10.1. The van der Waals surface area contributed by atoms with Crippen LogP contribution in [0.5, 0.6) is 0 Å². The van der Waals surface area contributed by atoms with Crippen LogP contribution in [-0.4, -0.2) is 4.98 Å². The normalized spacial score (nSPS) is 11.6. The van der Waals surface area contributed by atoms with E-state index in [4.69, 9.17) is 16.0 Å². The van der Waals surface area contributed by atoms with E-state index in [9.17, 15) is 0 Å². The number of para-hydroxylation sites is 2. The van der Waals surface area contributed by atoms with E-state index in [-0.39, 0.29) is 0 Å². The van der Waals surface area contributed by atoms with Crippen LogP contribution in [0.3, 0.4) is 0 Å². The number of fused-ring (bicyclic) bond motifs is 4. The highest BCUT2D eigenvalue weighted by atomic mass is 35.5. The van der Waals surface area contributed by atoms with Crippen molar-refractivity contribution in [3.63, 3.8) is 0 Å². The molecule has 0 spiro atoms. The Labute approximate surface area is 108 Å². The molecule has 0 atom stereocenters. The monoisotopic (exact) mass is 253 g/mol. The van der Waals surface area contributed by atoms with Crippen LogP contribution in [0.2, 0.25) is 5.02 Å². The predicted octanol–water partition coefficient (Wildman–Crippen LogP) is 4.79. The first-order valence-corrected chi connectivity index (χ1v) is 6.07. The largest absolute Gasteiger partial charge is 0.436 e. The van der Waals surface area contributed by atoms with Crippen LogP contribution in [0, 0.1) is 0 Å². The first kappa shape index (κ1) is 9.92. The molecule has 0 aliphatic carbocycles. The van der Waals surface area contributed by atoms with Crippen molar-refractivity contribution < 1.29 is 4.42 Å². The van der Waals surface area contributed by atoms with Gasteiger partial charge in [0.05, 0.1) is 10.5 Å². The Bertz CT molecular complexity index is 895. The van der Waals surface area contributed by atoms with Gasteiger partial charge in [-0.2, -0.15) is 0 Å². The second-order valence-electron chi connectivity index (χ2n) is 4.25. The maximum absolute atomic E-state index is 6.14. The quantitative estimate of drug-likeness (QED) is 0.450. The molecule has 18 heavy (non-hydrogen) atoms. The van der Waals surface area contributed by atoms with E-state index in [1.54, 1.807) is 0 Å². The first-order chi connectivity index (χ1) is 8.83. The number of hydrogen-bond acceptors (Lipinski definition) is 2. The second-order valence-corrected chi connectivity index (χ2v) is 4.66. The van der Waals surface area contributed by atoms with Crippen molar-refractivity contribution in [2.24, 2.45) is 0 Å². The number of aromatic nitrogens is 1. The summed E-state index contributed by atoms with van der Waals surface area (Å²) in [6, 6.07) is 15.8. The van der Waals surface area contributed by atoms with Gasteiger partial charge in [-0.3, -0.25) is 0 Å². The van der Waals surface area contributed by atoms with E-state index in [0.717, 1.165) is 21.7 Å². The summed E-state index contributed by atoms with van der Waals surface area (Å²) in [7, 11) is 0. The second kappa shape index (κ2) is 3.47. The van der Waals surface area contributed by atoms with Crippen LogP contribution < -0.4 is 0 Å². The van der Waals surface area contributed by atoms with Gasteiger partial charge in [0.25, 0.3) is 0 Å². The molecule has 4 aromatic rings. The Kier molecular flexibility index (Phi) is 1.91. The average Bonchev–Trinajstić information content (AvgIpc) is 2.76. The average molecular weight is 254 g/mol. The van der Waals surface area contributed by atoms with Crippen LogP contribution in [0.1, 0.15) is 0 Å². The Morgan fingerprint density at radius 2 is 1.83 bits per heavy atom. The summed E-state index contributed by atoms with van der Waals surface area (Å²) in [4.78, 5) is 4.53. The lowest BCUT2D eigenvalue weighted by atomic mass is 10.1. The minimum atomic E-state index is 0.620. The molecular weight excluding hydrogens is 246 g/mol. The maximum atomic E-state index is 6.14. The number of pyridine rings is 1. The Morgan fingerprint density at radius 1 is 0.944 bits per heavy atom. The fraction of sp³-hybridized carbons (Fsp3) is 0. The molecule has 0 aliphatic heterocycles. The lowest BCUT2D eigenvalue weighted by molar-refractivity contribution is 0.656. The topological polar surface area (TPSA) is 26.0 Å². The molecule has 0 saturated carbocycles. The molecule has 0 radical (unpaired) electrons. The Balaban J connectivity index is 2.27. The van der Waals surface area contributed by atoms with Crippen molar-refractivity contribution in [3.05, 3.63) is 53.6 Å². The molecule has 2 aromatic carbocycles. The molecule has 2 heterocycles. The van der Waals surface area contributed by atoms with Gasteiger partial charge in [0.2, 0.25) is 5.71 Å². The highest BCUT2D eigenvalue weighted by Crippen LogP contribution is 2.33. The smallest absolute Gasteiger partial charge is 0.227 e. The van der Waals surface area contributed by atoms with Gasteiger partial charge in [-0.1, -0.05) is 41.9 Å². The highest BCUT2D eigenvalue weighted by Gasteiger charge is 2.11. The van der Waals surface area contributed by atoms with Crippen molar-refractivity contribution in [1.29, 1.82) is 0 Å². The molecule has 2 nitrogen and oxygen atoms in total. The standard InChI is InChI=1S/C15H8ClNO/c16-12-6-3-5-10-11-8-9-4-1-2-7-13(9)17-15(11)18-14(10)12/h1-8H. The highest BCUT2D eigenvalue weighted by molar-refractivity contribution is 6.35. The zero-order valence-electron chi connectivity index (χ0n) is 9.35. The minimum Gasteiger partial charge on any atom is -0.436 e. The van der Waals surface area contributed by atoms with Gasteiger partial charge in [-0.05, 0) is 18.2 Å². The van der Waals surface area contributed by atoms with E-state index in [1.807, 2.05) is 42.5 Å². The third-order valence-corrected chi connectivity index (χ3v) is 3.44. The van der Waals surface area contributed by atoms with Crippen LogP contribution in [0.4, 0.5) is 0 Å². The van der Waals surface area contributed by atoms with Crippen molar-refractivity contribution in [2.75, 3.05) is 0 Å². The number of hydrogen-bond donors (Lipinski definition) is 0. The van der Waals surface area contributed by atoms with Crippen LogP contribution in [0.25, 0.3) is 33.0 Å². The molecule has 0 amide bonds. The number of halogens is 1. The Morgan fingerprint density at radius 3 is 2.78 bits per heavy atom. The van der Waals surface area contributed by atoms with Crippen LogP contribution in [0.15, 0.2) is 52.9 Å². The molecule has 0 N–H and O–H groups in total. The summed E-state index contributed by atoms with van der Waals surface area (Å²) in [6.07, 6.45) is 0. The summed E-state index contributed by atoms with van der Waals surface area (Å²) >= 11 is 6.14. The zero-order chi connectivity index (χ0) is 12.1. The van der Waals surface area contributed by atoms with Crippen LogP contribution in [-0.2, 0) is 0 Å². The van der Waals surface area contributed by atoms with Gasteiger partial charge in [0.1, 0.15) is 0 Å². The lowest BCUT2D eigenvalue weighted by Crippen LogP contribution is -1.77. The molecule has 0 bridgehead atoms. The molecule has 4 rings (SSSR count). The van der Waals surface area contributed by atoms with Gasteiger partial charge in [0, 0.05) is 16.2 Å². The predicted molar refractivity (Wildman–Crippen MR) is 74.0 cm³/mol. The van der Waals surface area contributed by atoms with Crippen molar-refractivity contribution in [3.8, 4) is 0 Å². The number of nitrogens with zero attached hydrogens (tertiary/aromatic N) is 1. The molecule has 2 aromatic heterocycles. The van der Waals surface area contributed by atoms with E-state index < -0.39 is 0 Å². The van der Waals surface area contributed by atoms with E-state index in [2.05, 4.69) is 11.1 Å². The van der Waals surface area contributed by atoms with Gasteiger partial charge in [0.15, 0.2) is 5.58 Å². The fourth-order valence-electron chi connectivity index (χ4n) is 2.29. The van der Waals surface area contributed by atoms with Crippen molar-refractivity contribution in [1.82, 2.24) is 4.98 Å². The van der Waals surface area contributed by atoms with Gasteiger partial charge < -0.3 is 4.42 Å². The lowest BCUT2D eigenvalue weighted by Gasteiger charge is -1.95. The molecule has 0 unspecified atom stereocenters. The summed E-state index contributed by atoms with van der Waals surface area (Å²) in [6.45, 7) is 0. The first-order valence-electron chi connectivity index (χ1n) is 5.69. The van der Waals surface area contributed by atoms with Gasteiger partial charge in [-0.25, -0.2) is 4.98 Å². The summed E-state index contributed by atoms with van der Waals surface area (Å²) in [5.41, 5.74) is 2.27. The summed E-state index contributed by atoms with van der Waals surface area (Å²) in [5.74, 6) is 0. The van der Waals surface area contributed by atoms with E-state index >= 15 is 0 Å². The SMILES string of the molecule is Clc1cccc2c1oc1nc3ccccc3cc12. The molecule has 0 saturated heterocycles. The van der Waals surface area contributed by atoms with Gasteiger partial charge >= 0.3 is 0 Å². The third-order valence-electron chi connectivity index (χ3n) is 3.14.